The molecule has 8 heteroatoms. The average Bonchev–Trinajstić information content (AvgIpc) is 2.87. The Labute approximate surface area is 224 Å². The molecule has 0 bridgehead atoms. The van der Waals surface area contributed by atoms with Gasteiger partial charge in [0.1, 0.15) is 5.82 Å². The molecule has 0 spiro atoms. The summed E-state index contributed by atoms with van der Waals surface area (Å²) in [7, 11) is -4.20. The number of ether oxygens (including phenoxy) is 1. The molecule has 0 saturated carbocycles. The van der Waals surface area contributed by atoms with Crippen molar-refractivity contribution in [3.8, 4) is 6.07 Å². The second-order valence-corrected chi connectivity index (χ2v) is 11.4. The number of phosphoric ester groups is 1. The maximum Gasteiger partial charge on any atom is 0.472 e. The van der Waals surface area contributed by atoms with Crippen LogP contribution in [0.3, 0.4) is 0 Å². The van der Waals surface area contributed by atoms with Gasteiger partial charge in [0.25, 0.3) is 0 Å². The molecule has 1 rings (SSSR count). The molecule has 37 heavy (non-hydrogen) atoms. The highest BCUT2D eigenvalue weighted by molar-refractivity contribution is 7.47. The fourth-order valence-corrected chi connectivity index (χ4v) is 5.37. The maximum atomic E-state index is 13.7. The Kier molecular flexibility index (Phi) is 18.8. The molecule has 0 aliphatic carbocycles. The maximum absolute atomic E-state index is 13.7. The van der Waals surface area contributed by atoms with Gasteiger partial charge in [-0.15, -0.1) is 0 Å². The lowest BCUT2D eigenvalue weighted by atomic mass is 10.0. The third-order valence-electron chi connectivity index (χ3n) is 6.44. The van der Waals surface area contributed by atoms with Crippen LogP contribution in [0.5, 0.6) is 0 Å². The lowest BCUT2D eigenvalue weighted by Crippen LogP contribution is -2.28. The number of rotatable bonds is 23. The van der Waals surface area contributed by atoms with Gasteiger partial charge >= 0.3 is 7.82 Å². The Bertz CT molecular complexity index is 816. The first-order chi connectivity index (χ1) is 17.8. The summed E-state index contributed by atoms with van der Waals surface area (Å²) in [6.45, 7) is 6.07. The second-order valence-electron chi connectivity index (χ2n) is 9.95. The lowest BCUT2D eigenvalue weighted by Gasteiger charge is -2.26. The van der Waals surface area contributed by atoms with E-state index in [0.29, 0.717) is 18.4 Å². The summed E-state index contributed by atoms with van der Waals surface area (Å²) >= 11 is 0. The Morgan fingerprint density at radius 1 is 0.919 bits per heavy atom. The molecule has 3 atom stereocenters. The Morgan fingerprint density at radius 2 is 1.49 bits per heavy atom. The minimum Gasteiger partial charge on any atom is -0.371 e. The zero-order valence-corrected chi connectivity index (χ0v) is 24.2. The predicted octanol–water partition coefficient (Wildman–Crippen LogP) is 9.00. The summed E-state index contributed by atoms with van der Waals surface area (Å²) in [6.07, 6.45) is 16.2. The monoisotopic (exact) mass is 541 g/mol. The van der Waals surface area contributed by atoms with E-state index in [-0.39, 0.29) is 18.8 Å². The first-order valence-electron chi connectivity index (χ1n) is 14.3. The molecule has 212 valence electrons. The van der Waals surface area contributed by atoms with Crippen LogP contribution >= 0.6 is 7.82 Å². The molecule has 1 unspecified atom stereocenters. The number of unbranched alkanes of at least 4 members (excludes halogenated alkanes) is 12. The molecule has 0 heterocycles. The number of phosphoric acid groups is 1. The largest absolute Gasteiger partial charge is 0.472 e. The van der Waals surface area contributed by atoms with Gasteiger partial charge in [-0.3, -0.25) is 9.05 Å². The van der Waals surface area contributed by atoms with E-state index >= 15 is 0 Å². The Morgan fingerprint density at radius 3 is 2.03 bits per heavy atom. The van der Waals surface area contributed by atoms with Crippen LogP contribution in [0.4, 0.5) is 4.39 Å². The quantitative estimate of drug-likeness (QED) is 0.110. The third-order valence-corrected chi connectivity index (χ3v) is 7.49. The van der Waals surface area contributed by atoms with Crippen molar-refractivity contribution in [1.29, 1.82) is 5.26 Å². The van der Waals surface area contributed by atoms with E-state index in [0.717, 1.165) is 19.3 Å². The van der Waals surface area contributed by atoms with Gasteiger partial charge in [-0.2, -0.15) is 5.26 Å². The number of benzene rings is 1. The van der Waals surface area contributed by atoms with Crippen molar-refractivity contribution >= 4 is 7.82 Å². The van der Waals surface area contributed by atoms with Crippen LogP contribution in [0, 0.1) is 17.1 Å². The molecule has 0 aliphatic heterocycles. The van der Waals surface area contributed by atoms with Crippen molar-refractivity contribution in [2.45, 2.75) is 136 Å². The lowest BCUT2D eigenvalue weighted by molar-refractivity contribution is -0.0405. The van der Waals surface area contributed by atoms with Crippen molar-refractivity contribution in [3.63, 3.8) is 0 Å². The molecular formula is C29H49FNO5P. The van der Waals surface area contributed by atoms with Crippen molar-refractivity contribution in [2.75, 3.05) is 6.61 Å². The van der Waals surface area contributed by atoms with Crippen LogP contribution in [-0.4, -0.2) is 23.7 Å². The Balaban J connectivity index is 2.43. The molecular weight excluding hydrogens is 492 g/mol. The van der Waals surface area contributed by atoms with Gasteiger partial charge in [-0.25, -0.2) is 8.96 Å². The van der Waals surface area contributed by atoms with Crippen LogP contribution in [0.1, 0.15) is 128 Å². The second kappa shape index (κ2) is 20.6. The van der Waals surface area contributed by atoms with Gasteiger partial charge in [0.05, 0.1) is 37.1 Å². The molecule has 0 amide bonds. The van der Waals surface area contributed by atoms with E-state index < -0.39 is 25.8 Å². The van der Waals surface area contributed by atoms with Crippen LogP contribution < -0.4 is 0 Å². The van der Waals surface area contributed by atoms with Crippen LogP contribution in [-0.2, 0) is 25.0 Å². The van der Waals surface area contributed by atoms with Crippen molar-refractivity contribution < 1.29 is 27.6 Å². The topological polar surface area (TPSA) is 88.8 Å². The average molecular weight is 542 g/mol. The van der Waals surface area contributed by atoms with Crippen LogP contribution in [0.25, 0.3) is 0 Å². The Hall–Kier alpha value is -1.29. The van der Waals surface area contributed by atoms with Crippen LogP contribution in [0.2, 0.25) is 0 Å². The van der Waals surface area contributed by atoms with Gasteiger partial charge in [0, 0.05) is 0 Å². The fourth-order valence-electron chi connectivity index (χ4n) is 4.28. The smallest absolute Gasteiger partial charge is 0.371 e. The molecule has 0 aliphatic rings. The summed E-state index contributed by atoms with van der Waals surface area (Å²) in [4.78, 5) is 10.1. The van der Waals surface area contributed by atoms with Crippen molar-refractivity contribution in [1.82, 2.24) is 0 Å². The molecule has 0 aromatic heterocycles. The van der Waals surface area contributed by atoms with Gasteiger partial charge in [-0.05, 0) is 43.5 Å². The minimum atomic E-state index is -4.20. The number of nitriles is 1. The SMILES string of the molecule is CCCCCCCCCCCCCCC[C@@H](OP(=O)(O)OCCC)[C@@H](C)OCc1cc(F)cc(C#N)c1. The minimum absolute atomic E-state index is 0.0671. The molecule has 6 nitrogen and oxygen atoms in total. The third kappa shape index (κ3) is 17.0. The highest BCUT2D eigenvalue weighted by atomic mass is 31.2. The molecule has 0 fully saturated rings. The van der Waals surface area contributed by atoms with E-state index in [1.807, 2.05) is 13.0 Å². The molecule has 1 N–H and O–H groups in total. The van der Waals surface area contributed by atoms with E-state index in [4.69, 9.17) is 19.0 Å². The predicted molar refractivity (Wildman–Crippen MR) is 147 cm³/mol. The standard InChI is InChI=1S/C29H49FNO5P/c1-4-6-7-8-9-10-11-12-13-14-15-16-17-18-29(36-37(32,33)35-19-5-2)25(3)34-24-27-20-26(23-31)21-28(30)22-27/h20-22,25,29H,4-19,24H2,1-3H3,(H,32,33)/t25-,29-/m1/s1. The zero-order valence-electron chi connectivity index (χ0n) is 23.3. The fraction of sp³-hybridized carbons (Fsp3) is 0.759. The van der Waals surface area contributed by atoms with Gasteiger partial charge in [0.2, 0.25) is 0 Å². The normalized spacial score (nSPS) is 14.7. The molecule has 0 radical (unpaired) electrons. The highest BCUT2D eigenvalue weighted by Crippen LogP contribution is 2.46. The number of nitrogens with zero attached hydrogens (tertiary/aromatic N) is 1. The summed E-state index contributed by atoms with van der Waals surface area (Å²) < 4.78 is 42.5. The van der Waals surface area contributed by atoms with Gasteiger partial charge < -0.3 is 9.63 Å². The molecule has 1 aromatic rings. The molecule has 1 aromatic carbocycles. The number of halogens is 1. The van der Waals surface area contributed by atoms with Crippen molar-refractivity contribution in [2.24, 2.45) is 0 Å². The van der Waals surface area contributed by atoms with E-state index in [1.54, 1.807) is 13.0 Å². The zero-order chi connectivity index (χ0) is 27.4. The first kappa shape index (κ1) is 33.7. The summed E-state index contributed by atoms with van der Waals surface area (Å²) in [5.41, 5.74) is 0.747. The first-order valence-corrected chi connectivity index (χ1v) is 15.8. The number of hydrogen-bond donors (Lipinski definition) is 1. The molecule has 0 saturated heterocycles. The summed E-state index contributed by atoms with van der Waals surface area (Å²) in [6, 6.07) is 5.98. The summed E-state index contributed by atoms with van der Waals surface area (Å²) in [5.74, 6) is -0.502. The van der Waals surface area contributed by atoms with Crippen LogP contribution in [0.15, 0.2) is 18.2 Å². The summed E-state index contributed by atoms with van der Waals surface area (Å²) in [5, 5.41) is 9.05. The van der Waals surface area contributed by atoms with E-state index in [1.165, 1.54) is 76.3 Å². The van der Waals surface area contributed by atoms with E-state index in [9.17, 15) is 13.8 Å². The van der Waals surface area contributed by atoms with E-state index in [2.05, 4.69) is 6.92 Å². The highest BCUT2D eigenvalue weighted by Gasteiger charge is 2.30. The van der Waals surface area contributed by atoms with Gasteiger partial charge in [0.15, 0.2) is 0 Å². The van der Waals surface area contributed by atoms with Gasteiger partial charge in [-0.1, -0.05) is 97.3 Å². The number of hydrogen-bond acceptors (Lipinski definition) is 5. The van der Waals surface area contributed by atoms with Crippen molar-refractivity contribution in [3.05, 3.63) is 35.1 Å².